The molecular weight excluding hydrogens is 412 g/mol. The Morgan fingerprint density at radius 1 is 1.00 bits per heavy atom. The molecule has 0 radical (unpaired) electrons. The summed E-state index contributed by atoms with van der Waals surface area (Å²) in [7, 11) is 0. The van der Waals surface area contributed by atoms with E-state index in [-0.39, 0.29) is 11.8 Å². The summed E-state index contributed by atoms with van der Waals surface area (Å²) in [6.07, 6.45) is 1.19. The van der Waals surface area contributed by atoms with Crippen molar-refractivity contribution in [2.75, 3.05) is 49.1 Å². The molecule has 0 saturated carbocycles. The quantitative estimate of drug-likeness (QED) is 0.765. The van der Waals surface area contributed by atoms with Gasteiger partial charge in [-0.05, 0) is 42.2 Å². The molecule has 2 heterocycles. The lowest BCUT2D eigenvalue weighted by Gasteiger charge is -2.37. The van der Waals surface area contributed by atoms with Crippen LogP contribution < -0.4 is 9.80 Å². The molecule has 1 N–H and O–H groups in total. The van der Waals surface area contributed by atoms with Gasteiger partial charge in [-0.1, -0.05) is 26.0 Å². The van der Waals surface area contributed by atoms with E-state index in [1.54, 1.807) is 0 Å². The number of halogens is 2. The number of anilines is 2. The van der Waals surface area contributed by atoms with Crippen molar-refractivity contribution in [2.24, 2.45) is 5.92 Å². The van der Waals surface area contributed by atoms with Gasteiger partial charge in [0.05, 0.1) is 11.8 Å². The molecule has 2 aromatic carbocycles. The molecule has 5 nitrogen and oxygen atoms in total. The molecule has 2 aliphatic heterocycles. The van der Waals surface area contributed by atoms with Gasteiger partial charge in [0.25, 0.3) is 0 Å². The largest absolute Gasteiger partial charge is 0.387 e. The Balaban J connectivity index is 1.38. The maximum absolute atomic E-state index is 14.1. The molecule has 1 fully saturated rings. The van der Waals surface area contributed by atoms with E-state index in [0.717, 1.165) is 42.3 Å². The number of aliphatic hydroxyl groups is 1. The second-order valence-corrected chi connectivity index (χ2v) is 9.04. The van der Waals surface area contributed by atoms with E-state index in [0.29, 0.717) is 38.4 Å². The molecule has 172 valence electrons. The molecule has 1 amide bonds. The lowest BCUT2D eigenvalue weighted by Crippen LogP contribution is -2.47. The maximum Gasteiger partial charge on any atom is 0.229 e. The Morgan fingerprint density at radius 2 is 1.72 bits per heavy atom. The monoisotopic (exact) mass is 443 g/mol. The molecule has 2 aliphatic rings. The molecule has 32 heavy (non-hydrogen) atoms. The summed E-state index contributed by atoms with van der Waals surface area (Å²) in [6, 6.07) is 9.58. The first-order valence-corrected chi connectivity index (χ1v) is 11.4. The van der Waals surface area contributed by atoms with Gasteiger partial charge < -0.3 is 14.9 Å². The molecule has 0 aliphatic carbocycles. The highest BCUT2D eigenvalue weighted by atomic mass is 19.1. The first-order chi connectivity index (χ1) is 15.3. The Kier molecular flexibility index (Phi) is 6.76. The van der Waals surface area contributed by atoms with Crippen LogP contribution in [0.2, 0.25) is 0 Å². The highest BCUT2D eigenvalue weighted by molar-refractivity contribution is 5.95. The van der Waals surface area contributed by atoms with Gasteiger partial charge in [-0.3, -0.25) is 9.69 Å². The van der Waals surface area contributed by atoms with Gasteiger partial charge in [0.2, 0.25) is 5.91 Å². The number of aryl methyl sites for hydroxylation is 1. The fourth-order valence-corrected chi connectivity index (χ4v) is 4.62. The van der Waals surface area contributed by atoms with Crippen LogP contribution in [0.3, 0.4) is 0 Å². The molecule has 0 aromatic heterocycles. The third kappa shape index (κ3) is 4.79. The predicted octanol–water partition coefficient (Wildman–Crippen LogP) is 3.76. The van der Waals surface area contributed by atoms with Crippen molar-refractivity contribution >= 4 is 17.3 Å². The number of nitrogens with zero attached hydrogens (tertiary/aromatic N) is 3. The van der Waals surface area contributed by atoms with Crippen molar-refractivity contribution in [1.29, 1.82) is 0 Å². The fraction of sp³-hybridized carbons (Fsp3) is 0.480. The van der Waals surface area contributed by atoms with Gasteiger partial charge >= 0.3 is 0 Å². The normalized spacial score (nSPS) is 18.1. The molecule has 0 spiro atoms. The molecule has 1 saturated heterocycles. The first kappa shape index (κ1) is 22.7. The lowest BCUT2D eigenvalue weighted by molar-refractivity contribution is -0.121. The highest BCUT2D eigenvalue weighted by Crippen LogP contribution is 2.31. The smallest absolute Gasteiger partial charge is 0.229 e. The SMILES string of the molecule is CC(C)C(=O)N1CCCc2cc([C@H](O)CN3CCN(c4ccc(F)cc4F)CC3)ccc21. The van der Waals surface area contributed by atoms with Crippen LogP contribution in [0.5, 0.6) is 0 Å². The standard InChI is InChI=1S/C25H31F2N3O2/c1-17(2)25(32)30-9-3-4-18-14-19(5-7-22(18)30)24(31)16-28-10-12-29(13-11-28)23-8-6-20(26)15-21(23)27/h5-8,14-15,17,24,31H,3-4,9-13,16H2,1-2H3/t24-/m1/s1. The predicted molar refractivity (Wildman–Crippen MR) is 122 cm³/mol. The van der Waals surface area contributed by atoms with Crippen LogP contribution in [0.15, 0.2) is 36.4 Å². The zero-order chi connectivity index (χ0) is 22.8. The average molecular weight is 444 g/mol. The van der Waals surface area contributed by atoms with Gasteiger partial charge in [-0.25, -0.2) is 8.78 Å². The fourth-order valence-electron chi connectivity index (χ4n) is 4.62. The van der Waals surface area contributed by atoms with Gasteiger partial charge in [0.15, 0.2) is 0 Å². The summed E-state index contributed by atoms with van der Waals surface area (Å²) in [5, 5.41) is 10.9. The van der Waals surface area contributed by atoms with Gasteiger partial charge in [0, 0.05) is 56.9 Å². The first-order valence-electron chi connectivity index (χ1n) is 11.4. The Hall–Kier alpha value is -2.51. The van der Waals surface area contributed by atoms with E-state index in [9.17, 15) is 18.7 Å². The third-order valence-electron chi connectivity index (χ3n) is 6.42. The number of fused-ring (bicyclic) bond motifs is 1. The second kappa shape index (κ2) is 9.55. The number of hydrogen-bond donors (Lipinski definition) is 1. The number of benzene rings is 2. The van der Waals surface area contributed by atoms with Crippen LogP contribution in [0, 0.1) is 17.6 Å². The van der Waals surface area contributed by atoms with Crippen LogP contribution in [-0.2, 0) is 11.2 Å². The van der Waals surface area contributed by atoms with Crippen LogP contribution in [0.25, 0.3) is 0 Å². The summed E-state index contributed by atoms with van der Waals surface area (Å²) in [5.74, 6) is -1.03. The van der Waals surface area contributed by atoms with E-state index in [4.69, 9.17) is 0 Å². The van der Waals surface area contributed by atoms with Crippen LogP contribution in [0.4, 0.5) is 20.2 Å². The molecule has 7 heteroatoms. The lowest BCUT2D eigenvalue weighted by atomic mass is 9.96. The Morgan fingerprint density at radius 3 is 2.41 bits per heavy atom. The van der Waals surface area contributed by atoms with Crippen molar-refractivity contribution in [1.82, 2.24) is 4.90 Å². The van der Waals surface area contributed by atoms with Crippen molar-refractivity contribution in [3.8, 4) is 0 Å². The Bertz CT molecular complexity index is 974. The number of carbonyl (C=O) groups is 1. The molecule has 1 atom stereocenters. The van der Waals surface area contributed by atoms with Crippen molar-refractivity contribution in [3.63, 3.8) is 0 Å². The summed E-state index contributed by atoms with van der Waals surface area (Å²) in [6.45, 7) is 7.68. The van der Waals surface area contributed by atoms with Gasteiger partial charge in [-0.2, -0.15) is 0 Å². The highest BCUT2D eigenvalue weighted by Gasteiger charge is 2.26. The number of amides is 1. The molecular formula is C25H31F2N3O2. The minimum Gasteiger partial charge on any atom is -0.387 e. The third-order valence-corrected chi connectivity index (χ3v) is 6.42. The van der Waals surface area contributed by atoms with Crippen molar-refractivity contribution in [3.05, 3.63) is 59.2 Å². The number of aliphatic hydroxyl groups excluding tert-OH is 1. The van der Waals surface area contributed by atoms with Crippen molar-refractivity contribution < 1.29 is 18.7 Å². The summed E-state index contributed by atoms with van der Waals surface area (Å²) in [5.41, 5.74) is 3.34. The van der Waals surface area contributed by atoms with E-state index in [1.807, 2.05) is 41.8 Å². The summed E-state index contributed by atoms with van der Waals surface area (Å²) >= 11 is 0. The Labute approximate surface area is 188 Å². The van der Waals surface area contributed by atoms with Gasteiger partial charge in [-0.15, -0.1) is 0 Å². The van der Waals surface area contributed by atoms with Crippen molar-refractivity contribution in [2.45, 2.75) is 32.8 Å². The molecule has 2 aromatic rings. The topological polar surface area (TPSA) is 47.0 Å². The molecule has 4 rings (SSSR count). The maximum atomic E-state index is 14.1. The van der Waals surface area contributed by atoms with E-state index in [1.165, 1.54) is 12.1 Å². The number of rotatable bonds is 5. The number of β-amino-alcohol motifs (C(OH)–C–C–N with tert-alkyl or cyclic N) is 1. The van der Waals surface area contributed by atoms with Gasteiger partial charge in [0.1, 0.15) is 11.6 Å². The zero-order valence-electron chi connectivity index (χ0n) is 18.7. The zero-order valence-corrected chi connectivity index (χ0v) is 18.7. The van der Waals surface area contributed by atoms with Crippen LogP contribution in [-0.4, -0.2) is 55.2 Å². The van der Waals surface area contributed by atoms with Crippen LogP contribution >= 0.6 is 0 Å². The minimum atomic E-state index is -0.634. The second-order valence-electron chi connectivity index (χ2n) is 9.04. The van der Waals surface area contributed by atoms with Crippen LogP contribution in [0.1, 0.15) is 37.5 Å². The number of piperazine rings is 1. The van der Waals surface area contributed by atoms with E-state index >= 15 is 0 Å². The summed E-state index contributed by atoms with van der Waals surface area (Å²) < 4.78 is 27.2. The summed E-state index contributed by atoms with van der Waals surface area (Å²) in [4.78, 5) is 18.5. The minimum absolute atomic E-state index is 0.0479. The number of carbonyl (C=O) groups excluding carboxylic acids is 1. The number of hydrogen-bond acceptors (Lipinski definition) is 4. The van der Waals surface area contributed by atoms with E-state index < -0.39 is 17.7 Å². The van der Waals surface area contributed by atoms with E-state index in [2.05, 4.69) is 4.90 Å². The molecule has 0 unspecified atom stereocenters. The molecule has 0 bridgehead atoms. The average Bonchev–Trinajstić information content (AvgIpc) is 2.78.